The number of thiophene rings is 1. The minimum absolute atomic E-state index is 0.0472. The molecular weight excluding hydrogens is 394 g/mol. The Morgan fingerprint density at radius 3 is 2.52 bits per heavy atom. The summed E-state index contributed by atoms with van der Waals surface area (Å²) in [7, 11) is 0. The third-order valence-electron chi connectivity index (χ3n) is 2.66. The van der Waals surface area contributed by atoms with E-state index in [-0.39, 0.29) is 15.5 Å². The van der Waals surface area contributed by atoms with Crippen LogP contribution in [0.15, 0.2) is 40.9 Å². The van der Waals surface area contributed by atoms with Gasteiger partial charge in [-0.3, -0.25) is 4.79 Å². The lowest BCUT2D eigenvalue weighted by Gasteiger charge is -2.08. The second-order valence-electron chi connectivity index (χ2n) is 4.23. The Hall–Kier alpha value is -2.06. The summed E-state index contributed by atoms with van der Waals surface area (Å²) in [5.74, 6) is -1.60. The summed E-state index contributed by atoms with van der Waals surface area (Å²) >= 11 is 4.05. The van der Waals surface area contributed by atoms with Crippen LogP contribution in [0.4, 0.5) is 8.78 Å². The lowest BCUT2D eigenvalue weighted by atomic mass is 10.1. The maximum atomic E-state index is 12.4. The first kappa shape index (κ1) is 17.3. The molecule has 0 amide bonds. The molecule has 0 aliphatic rings. The Morgan fingerprint density at radius 1 is 1.22 bits per heavy atom. The first-order valence-corrected chi connectivity index (χ1v) is 7.77. The topological polar surface area (TPSA) is 63.6 Å². The molecule has 1 heterocycles. The normalized spacial score (nSPS) is 11.1. The number of aromatic carboxylic acids is 1. The lowest BCUT2D eigenvalue weighted by Crippen LogP contribution is -2.03. The van der Waals surface area contributed by atoms with Gasteiger partial charge in [0.15, 0.2) is 5.78 Å². The Morgan fingerprint density at radius 2 is 1.91 bits per heavy atom. The molecule has 23 heavy (non-hydrogen) atoms. The van der Waals surface area contributed by atoms with Crippen LogP contribution in [-0.2, 0) is 0 Å². The fourth-order valence-corrected chi connectivity index (χ4v) is 2.83. The van der Waals surface area contributed by atoms with Crippen molar-refractivity contribution >= 4 is 45.1 Å². The molecule has 120 valence electrons. The number of hydrogen-bond acceptors (Lipinski definition) is 4. The highest BCUT2D eigenvalue weighted by molar-refractivity contribution is 9.10. The van der Waals surface area contributed by atoms with Crippen molar-refractivity contribution in [2.45, 2.75) is 6.61 Å². The summed E-state index contributed by atoms with van der Waals surface area (Å²) in [5.41, 5.74) is 0.294. The third kappa shape index (κ3) is 4.70. The summed E-state index contributed by atoms with van der Waals surface area (Å²) in [6.45, 7) is -2.98. The highest BCUT2D eigenvalue weighted by Crippen LogP contribution is 2.26. The number of halogens is 3. The third-order valence-corrected chi connectivity index (χ3v) is 4.24. The van der Waals surface area contributed by atoms with Gasteiger partial charge in [0.2, 0.25) is 0 Å². The van der Waals surface area contributed by atoms with Crippen molar-refractivity contribution in [2.75, 3.05) is 0 Å². The van der Waals surface area contributed by atoms with Crippen LogP contribution in [0, 0.1) is 0 Å². The van der Waals surface area contributed by atoms with Gasteiger partial charge in [-0.15, -0.1) is 11.3 Å². The molecule has 0 aliphatic carbocycles. The number of carbonyl (C=O) groups excluding carboxylic acids is 1. The highest BCUT2D eigenvalue weighted by atomic mass is 79.9. The molecule has 2 aromatic rings. The van der Waals surface area contributed by atoms with Crippen LogP contribution in [0.5, 0.6) is 5.75 Å². The number of rotatable bonds is 6. The molecule has 0 spiro atoms. The van der Waals surface area contributed by atoms with Crippen LogP contribution in [-0.4, -0.2) is 23.5 Å². The van der Waals surface area contributed by atoms with Gasteiger partial charge in [0.25, 0.3) is 0 Å². The van der Waals surface area contributed by atoms with Crippen LogP contribution in [0.3, 0.4) is 0 Å². The second kappa shape index (κ2) is 7.47. The first-order valence-electron chi connectivity index (χ1n) is 6.16. The van der Waals surface area contributed by atoms with Crippen molar-refractivity contribution in [3.63, 3.8) is 0 Å². The van der Waals surface area contributed by atoms with E-state index in [1.807, 2.05) is 0 Å². The molecule has 0 saturated heterocycles. The van der Waals surface area contributed by atoms with E-state index in [1.165, 1.54) is 42.5 Å². The lowest BCUT2D eigenvalue weighted by molar-refractivity contribution is -0.0500. The van der Waals surface area contributed by atoms with E-state index in [9.17, 15) is 18.4 Å². The summed E-state index contributed by atoms with van der Waals surface area (Å²) in [6.07, 6.45) is 2.52. The van der Waals surface area contributed by atoms with Crippen LogP contribution in [0.2, 0.25) is 0 Å². The van der Waals surface area contributed by atoms with Crippen LogP contribution < -0.4 is 4.74 Å². The molecule has 8 heteroatoms. The molecule has 0 fully saturated rings. The molecule has 0 saturated carbocycles. The van der Waals surface area contributed by atoms with Crippen molar-refractivity contribution in [3.05, 3.63) is 56.2 Å². The summed E-state index contributed by atoms with van der Waals surface area (Å²) in [4.78, 5) is 23.1. The van der Waals surface area contributed by atoms with Gasteiger partial charge in [-0.25, -0.2) is 4.79 Å². The largest absolute Gasteiger partial charge is 0.477 e. The minimum Gasteiger partial charge on any atom is -0.477 e. The number of hydrogen-bond donors (Lipinski definition) is 1. The summed E-state index contributed by atoms with van der Waals surface area (Å²) < 4.78 is 29.7. The summed E-state index contributed by atoms with van der Waals surface area (Å²) in [6, 6.07) is 7.15. The molecule has 0 bridgehead atoms. The zero-order valence-electron chi connectivity index (χ0n) is 11.3. The van der Waals surface area contributed by atoms with Gasteiger partial charge < -0.3 is 9.84 Å². The Balaban J connectivity index is 2.22. The van der Waals surface area contributed by atoms with Crippen LogP contribution in [0.1, 0.15) is 24.9 Å². The average molecular weight is 403 g/mol. The van der Waals surface area contributed by atoms with Gasteiger partial charge in [-0.05, 0) is 42.5 Å². The van der Waals surface area contributed by atoms with Gasteiger partial charge in [0, 0.05) is 10.0 Å². The predicted octanol–water partition coefficient (Wildman–Crippen LogP) is 4.71. The van der Waals surface area contributed by atoms with Crippen molar-refractivity contribution in [2.24, 2.45) is 0 Å². The first-order chi connectivity index (χ1) is 10.9. The van der Waals surface area contributed by atoms with Gasteiger partial charge in [-0.1, -0.05) is 15.9 Å². The molecule has 0 atom stereocenters. The van der Waals surface area contributed by atoms with Crippen molar-refractivity contribution in [1.82, 2.24) is 0 Å². The Labute approximate surface area is 142 Å². The van der Waals surface area contributed by atoms with E-state index in [0.717, 1.165) is 11.3 Å². The fraction of sp³-hybridized carbons (Fsp3) is 0.0667. The van der Waals surface area contributed by atoms with Crippen LogP contribution >= 0.6 is 27.3 Å². The molecule has 1 N–H and O–H groups in total. The molecule has 2 rings (SSSR count). The van der Waals surface area contributed by atoms with Gasteiger partial charge in [-0.2, -0.15) is 8.78 Å². The van der Waals surface area contributed by atoms with Crippen molar-refractivity contribution < 1.29 is 28.2 Å². The molecule has 0 radical (unpaired) electrons. The zero-order valence-corrected chi connectivity index (χ0v) is 13.7. The van der Waals surface area contributed by atoms with Gasteiger partial charge in [0.05, 0.1) is 4.88 Å². The predicted molar refractivity (Wildman–Crippen MR) is 85.4 cm³/mol. The van der Waals surface area contributed by atoms with E-state index in [4.69, 9.17) is 5.11 Å². The molecular formula is C15H9BrF2O4S. The van der Waals surface area contributed by atoms with E-state index in [0.29, 0.717) is 10.0 Å². The number of carboxylic acids is 1. The van der Waals surface area contributed by atoms with E-state index in [1.54, 1.807) is 0 Å². The van der Waals surface area contributed by atoms with Crippen molar-refractivity contribution in [3.8, 4) is 5.75 Å². The second-order valence-corrected chi connectivity index (χ2v) is 6.23. The smallest absolute Gasteiger partial charge is 0.387 e. The molecule has 1 aromatic heterocycles. The molecule has 4 nitrogen and oxygen atoms in total. The quantitative estimate of drug-likeness (QED) is 0.561. The van der Waals surface area contributed by atoms with E-state index < -0.39 is 18.4 Å². The zero-order chi connectivity index (χ0) is 17.0. The SMILES string of the molecule is O=C(O)c1ccc(C(=O)/C=C/c2cc(Br)ccc2OC(F)F)s1. The number of carboxylic acid groups (broad SMARTS) is 1. The van der Waals surface area contributed by atoms with E-state index in [2.05, 4.69) is 20.7 Å². The maximum absolute atomic E-state index is 12.4. The highest BCUT2D eigenvalue weighted by Gasteiger charge is 2.12. The number of alkyl halides is 2. The number of benzene rings is 1. The van der Waals surface area contributed by atoms with Gasteiger partial charge >= 0.3 is 12.6 Å². The average Bonchev–Trinajstić information content (AvgIpc) is 2.97. The standard InChI is InChI=1S/C15H9BrF2O4S/c16-9-2-4-11(22-15(17)18)8(7-9)1-3-10(19)12-5-6-13(23-12)14(20)21/h1-7,15H,(H,20,21)/b3-1+. The summed E-state index contributed by atoms with van der Waals surface area (Å²) in [5, 5.41) is 8.83. The number of carbonyl (C=O) groups is 2. The molecule has 1 aromatic carbocycles. The monoisotopic (exact) mass is 402 g/mol. The fourth-order valence-electron chi connectivity index (χ4n) is 1.69. The number of allylic oxidation sites excluding steroid dienone is 1. The molecule has 0 aliphatic heterocycles. The van der Waals surface area contributed by atoms with Gasteiger partial charge in [0.1, 0.15) is 10.6 Å². The van der Waals surface area contributed by atoms with E-state index >= 15 is 0 Å². The maximum Gasteiger partial charge on any atom is 0.387 e. The van der Waals surface area contributed by atoms with Crippen LogP contribution in [0.25, 0.3) is 6.08 Å². The number of ether oxygens (including phenoxy) is 1. The molecule has 0 unspecified atom stereocenters. The number of ketones is 1. The Kier molecular flexibility index (Phi) is 5.62. The minimum atomic E-state index is -2.98. The Bertz CT molecular complexity index is 771. The van der Waals surface area contributed by atoms with Crippen molar-refractivity contribution in [1.29, 1.82) is 0 Å².